The summed E-state index contributed by atoms with van der Waals surface area (Å²) in [5, 5.41) is 0. The van der Waals surface area contributed by atoms with Crippen LogP contribution < -0.4 is 5.73 Å². The second kappa shape index (κ2) is 9.74. The van der Waals surface area contributed by atoms with Crippen molar-refractivity contribution in [3.05, 3.63) is 59.2 Å². The molecular formula is C28H33N3O2. The first-order valence-corrected chi connectivity index (χ1v) is 12.1. The van der Waals surface area contributed by atoms with E-state index in [0.717, 1.165) is 79.6 Å². The Labute approximate surface area is 196 Å². The molecule has 5 heteroatoms. The lowest BCUT2D eigenvalue weighted by molar-refractivity contribution is -0.115. The SMILES string of the molecule is CCCC1(CCC)C=Nc2cc(-c3ccc(C(=O)N4CCCC4)cc3)ccc2C=C1C(N)=O. The van der Waals surface area contributed by atoms with Gasteiger partial charge in [-0.05, 0) is 61.1 Å². The molecule has 2 aliphatic rings. The average molecular weight is 444 g/mol. The molecule has 2 aromatic rings. The summed E-state index contributed by atoms with van der Waals surface area (Å²) in [7, 11) is 0. The van der Waals surface area contributed by atoms with Crippen LogP contribution >= 0.6 is 0 Å². The first kappa shape index (κ1) is 23.0. The number of likely N-dealkylation sites (tertiary alicyclic amines) is 1. The highest BCUT2D eigenvalue weighted by Gasteiger charge is 2.35. The lowest BCUT2D eigenvalue weighted by Gasteiger charge is -2.30. The van der Waals surface area contributed by atoms with Crippen LogP contribution in [0.4, 0.5) is 5.69 Å². The molecule has 0 saturated carbocycles. The van der Waals surface area contributed by atoms with Crippen molar-refractivity contribution in [2.75, 3.05) is 13.1 Å². The molecule has 0 spiro atoms. The van der Waals surface area contributed by atoms with Gasteiger partial charge in [0.25, 0.3) is 5.91 Å². The Balaban J connectivity index is 1.66. The number of primary amides is 1. The fourth-order valence-corrected chi connectivity index (χ4v) is 5.16. The molecule has 0 aliphatic carbocycles. The zero-order chi connectivity index (χ0) is 23.4. The van der Waals surface area contributed by atoms with Gasteiger partial charge in [0.1, 0.15) is 0 Å². The number of carbonyl (C=O) groups is 2. The number of fused-ring (bicyclic) bond motifs is 1. The minimum absolute atomic E-state index is 0.109. The molecule has 2 aromatic carbocycles. The molecule has 1 saturated heterocycles. The van der Waals surface area contributed by atoms with Crippen LogP contribution in [0.15, 0.2) is 53.0 Å². The van der Waals surface area contributed by atoms with E-state index < -0.39 is 5.41 Å². The number of rotatable bonds is 7. The van der Waals surface area contributed by atoms with Crippen LogP contribution in [0.5, 0.6) is 0 Å². The lowest BCUT2D eigenvalue weighted by Crippen LogP contribution is -2.32. The predicted octanol–water partition coefficient (Wildman–Crippen LogP) is 5.76. The highest BCUT2D eigenvalue weighted by Crippen LogP contribution is 2.42. The van der Waals surface area contributed by atoms with Crippen molar-refractivity contribution < 1.29 is 9.59 Å². The Morgan fingerprint density at radius 2 is 1.61 bits per heavy atom. The highest BCUT2D eigenvalue weighted by atomic mass is 16.2. The molecule has 33 heavy (non-hydrogen) atoms. The van der Waals surface area contributed by atoms with Gasteiger partial charge >= 0.3 is 0 Å². The molecule has 1 fully saturated rings. The molecule has 2 N–H and O–H groups in total. The fraction of sp³-hybridized carbons (Fsp3) is 0.393. The van der Waals surface area contributed by atoms with Crippen molar-refractivity contribution in [2.24, 2.45) is 16.1 Å². The second-order valence-electron chi connectivity index (χ2n) is 9.19. The van der Waals surface area contributed by atoms with Crippen LogP contribution in [0.1, 0.15) is 68.3 Å². The Hall–Kier alpha value is -3.21. The van der Waals surface area contributed by atoms with Crippen molar-refractivity contribution in [1.29, 1.82) is 0 Å². The zero-order valence-corrected chi connectivity index (χ0v) is 19.6. The van der Waals surface area contributed by atoms with Crippen molar-refractivity contribution in [3.63, 3.8) is 0 Å². The molecule has 2 amide bonds. The molecule has 0 bridgehead atoms. The quantitative estimate of drug-likeness (QED) is 0.590. The van der Waals surface area contributed by atoms with Gasteiger partial charge in [-0.25, -0.2) is 0 Å². The summed E-state index contributed by atoms with van der Waals surface area (Å²) in [5.74, 6) is -0.267. The van der Waals surface area contributed by atoms with Crippen LogP contribution in [-0.2, 0) is 4.79 Å². The van der Waals surface area contributed by atoms with Gasteiger partial charge in [0.05, 0.1) is 5.69 Å². The molecule has 0 atom stereocenters. The fourth-order valence-electron chi connectivity index (χ4n) is 5.16. The summed E-state index contributed by atoms with van der Waals surface area (Å²) in [6.07, 6.45) is 9.62. The first-order chi connectivity index (χ1) is 16.0. The van der Waals surface area contributed by atoms with Gasteiger partial charge < -0.3 is 10.6 Å². The lowest BCUT2D eigenvalue weighted by atomic mass is 9.73. The number of hydrogen-bond acceptors (Lipinski definition) is 3. The monoisotopic (exact) mass is 443 g/mol. The van der Waals surface area contributed by atoms with Crippen LogP contribution in [0.2, 0.25) is 0 Å². The molecule has 5 nitrogen and oxygen atoms in total. The van der Waals surface area contributed by atoms with Gasteiger partial charge in [0.2, 0.25) is 5.91 Å². The molecule has 0 radical (unpaired) electrons. The summed E-state index contributed by atoms with van der Waals surface area (Å²) in [6.45, 7) is 5.94. The molecule has 2 aliphatic heterocycles. The first-order valence-electron chi connectivity index (χ1n) is 12.1. The van der Waals surface area contributed by atoms with E-state index in [4.69, 9.17) is 10.7 Å². The number of nitrogens with zero attached hydrogens (tertiary/aromatic N) is 2. The van der Waals surface area contributed by atoms with E-state index in [9.17, 15) is 9.59 Å². The van der Waals surface area contributed by atoms with E-state index in [1.54, 1.807) is 0 Å². The second-order valence-corrected chi connectivity index (χ2v) is 9.19. The number of hydrogen-bond donors (Lipinski definition) is 1. The van der Waals surface area contributed by atoms with Gasteiger partial charge in [-0.3, -0.25) is 14.6 Å². The van der Waals surface area contributed by atoms with Gasteiger partial charge in [0.15, 0.2) is 0 Å². The Bertz CT molecular complexity index is 1090. The van der Waals surface area contributed by atoms with E-state index in [-0.39, 0.29) is 11.8 Å². The number of benzene rings is 2. The zero-order valence-electron chi connectivity index (χ0n) is 19.6. The number of amides is 2. The van der Waals surface area contributed by atoms with Crippen LogP contribution in [-0.4, -0.2) is 36.0 Å². The van der Waals surface area contributed by atoms with Crippen LogP contribution in [0.3, 0.4) is 0 Å². The maximum absolute atomic E-state index is 12.6. The number of carbonyl (C=O) groups excluding carboxylic acids is 2. The third kappa shape index (κ3) is 4.63. The summed E-state index contributed by atoms with van der Waals surface area (Å²) in [6, 6.07) is 13.9. The maximum Gasteiger partial charge on any atom is 0.253 e. The summed E-state index contributed by atoms with van der Waals surface area (Å²) in [5.41, 5.74) is 10.6. The molecular weight excluding hydrogens is 410 g/mol. The largest absolute Gasteiger partial charge is 0.366 e. The van der Waals surface area contributed by atoms with Gasteiger partial charge in [-0.15, -0.1) is 0 Å². The summed E-state index contributed by atoms with van der Waals surface area (Å²) in [4.78, 5) is 31.8. The average Bonchev–Trinajstić information content (AvgIpc) is 3.31. The third-order valence-electron chi connectivity index (χ3n) is 6.83. The van der Waals surface area contributed by atoms with Gasteiger partial charge in [-0.2, -0.15) is 0 Å². The number of nitrogens with two attached hydrogens (primary N) is 1. The van der Waals surface area contributed by atoms with Crippen LogP contribution in [0, 0.1) is 5.41 Å². The van der Waals surface area contributed by atoms with E-state index in [0.29, 0.717) is 5.57 Å². The van der Waals surface area contributed by atoms with Crippen molar-refractivity contribution in [2.45, 2.75) is 52.4 Å². The topological polar surface area (TPSA) is 75.8 Å². The molecule has 0 unspecified atom stereocenters. The van der Waals surface area contributed by atoms with E-state index in [1.165, 1.54) is 0 Å². The maximum atomic E-state index is 12.6. The summed E-state index contributed by atoms with van der Waals surface area (Å²) < 4.78 is 0. The third-order valence-corrected chi connectivity index (χ3v) is 6.83. The minimum Gasteiger partial charge on any atom is -0.366 e. The molecule has 2 heterocycles. The summed E-state index contributed by atoms with van der Waals surface area (Å²) >= 11 is 0. The van der Waals surface area contributed by atoms with E-state index in [1.807, 2.05) is 59.7 Å². The van der Waals surface area contributed by atoms with Gasteiger partial charge in [0, 0.05) is 41.4 Å². The standard InChI is InChI=1S/C28H33N3O2/c1-3-13-28(14-4-2)19-30-25-18-22(11-12-23(25)17-24(28)26(29)32)20-7-9-21(10-8-20)27(33)31-15-5-6-16-31/h7-12,17-19H,3-6,13-16H2,1-2H3,(H2,29,32). The van der Waals surface area contributed by atoms with Gasteiger partial charge in [-0.1, -0.05) is 51.0 Å². The molecule has 4 rings (SSSR count). The Kier molecular flexibility index (Phi) is 6.77. The minimum atomic E-state index is -0.425. The highest BCUT2D eigenvalue weighted by molar-refractivity contribution is 6.04. The van der Waals surface area contributed by atoms with E-state index in [2.05, 4.69) is 13.8 Å². The predicted molar refractivity (Wildman–Crippen MR) is 135 cm³/mol. The Morgan fingerprint density at radius 1 is 0.970 bits per heavy atom. The van der Waals surface area contributed by atoms with E-state index >= 15 is 0 Å². The Morgan fingerprint density at radius 3 is 2.21 bits per heavy atom. The normalized spacial score (nSPS) is 16.8. The van der Waals surface area contributed by atoms with Crippen molar-refractivity contribution >= 4 is 29.8 Å². The smallest absolute Gasteiger partial charge is 0.253 e. The number of aliphatic imine (C=N–C) groups is 1. The molecule has 172 valence electrons. The van der Waals surface area contributed by atoms with Crippen molar-refractivity contribution in [3.8, 4) is 11.1 Å². The molecule has 0 aromatic heterocycles. The van der Waals surface area contributed by atoms with Crippen LogP contribution in [0.25, 0.3) is 17.2 Å². The van der Waals surface area contributed by atoms with Crippen molar-refractivity contribution in [1.82, 2.24) is 4.90 Å².